The minimum absolute atomic E-state index is 0.185. The van der Waals surface area contributed by atoms with Crippen LogP contribution in [0.25, 0.3) is 0 Å². The van der Waals surface area contributed by atoms with Gasteiger partial charge in [-0.3, -0.25) is 14.4 Å². The summed E-state index contributed by atoms with van der Waals surface area (Å²) in [5, 5.41) is 5.10. The quantitative estimate of drug-likeness (QED) is 0.794. The molecule has 0 atom stereocenters. The smallest absolute Gasteiger partial charge is 0.325 e. The second kappa shape index (κ2) is 7.28. The first-order valence-electron chi connectivity index (χ1n) is 6.26. The lowest BCUT2D eigenvalue weighted by Gasteiger charge is -2.09. The lowest BCUT2D eigenvalue weighted by atomic mass is 10.1. The van der Waals surface area contributed by atoms with Gasteiger partial charge in [0.15, 0.2) is 0 Å². The van der Waals surface area contributed by atoms with Crippen LogP contribution in [0.2, 0.25) is 0 Å². The molecule has 1 aromatic carbocycles. The highest BCUT2D eigenvalue weighted by molar-refractivity contribution is 5.98. The van der Waals surface area contributed by atoms with Crippen molar-refractivity contribution < 1.29 is 19.1 Å². The molecule has 0 aliphatic rings. The van der Waals surface area contributed by atoms with E-state index < -0.39 is 11.9 Å². The van der Waals surface area contributed by atoms with Gasteiger partial charge in [0.2, 0.25) is 5.91 Å². The minimum Gasteiger partial charge on any atom is -0.465 e. The number of hydrogen-bond acceptors (Lipinski definition) is 4. The number of amides is 2. The first kappa shape index (κ1) is 15.7. The lowest BCUT2D eigenvalue weighted by molar-refractivity contribution is -0.141. The van der Waals surface area contributed by atoms with Crippen LogP contribution in [0.5, 0.6) is 0 Å². The SMILES string of the molecule is CCOC(=O)CNC(=O)c1ccc(C)c(NC(C)=O)c1. The molecule has 2 N–H and O–H groups in total. The van der Waals surface area contributed by atoms with Crippen LogP contribution in [-0.4, -0.2) is 30.9 Å². The first-order valence-corrected chi connectivity index (χ1v) is 6.26. The largest absolute Gasteiger partial charge is 0.465 e. The Morgan fingerprint density at radius 3 is 2.55 bits per heavy atom. The summed E-state index contributed by atoms with van der Waals surface area (Å²) in [6.07, 6.45) is 0. The van der Waals surface area contributed by atoms with E-state index >= 15 is 0 Å². The third kappa shape index (κ3) is 4.72. The molecule has 0 saturated heterocycles. The van der Waals surface area contributed by atoms with Crippen molar-refractivity contribution in [3.8, 4) is 0 Å². The molecule has 0 saturated carbocycles. The van der Waals surface area contributed by atoms with Crippen LogP contribution in [-0.2, 0) is 14.3 Å². The summed E-state index contributed by atoms with van der Waals surface area (Å²) in [7, 11) is 0. The van der Waals surface area contributed by atoms with Crippen molar-refractivity contribution in [1.29, 1.82) is 0 Å². The maximum atomic E-state index is 11.9. The fraction of sp³-hybridized carbons (Fsp3) is 0.357. The standard InChI is InChI=1S/C14H18N2O4/c1-4-20-13(18)8-15-14(19)11-6-5-9(2)12(7-11)16-10(3)17/h5-7H,4,8H2,1-3H3,(H,15,19)(H,16,17). The van der Waals surface area contributed by atoms with Gasteiger partial charge in [0.05, 0.1) is 6.61 Å². The molecule has 0 aliphatic heterocycles. The van der Waals surface area contributed by atoms with Gasteiger partial charge in [0.25, 0.3) is 5.91 Å². The van der Waals surface area contributed by atoms with Gasteiger partial charge in [-0.1, -0.05) is 6.07 Å². The van der Waals surface area contributed by atoms with Crippen molar-refractivity contribution in [2.45, 2.75) is 20.8 Å². The summed E-state index contributed by atoms with van der Waals surface area (Å²) in [4.78, 5) is 34.1. The van der Waals surface area contributed by atoms with Gasteiger partial charge in [0.1, 0.15) is 6.54 Å². The van der Waals surface area contributed by atoms with E-state index in [0.29, 0.717) is 11.3 Å². The van der Waals surface area contributed by atoms with E-state index in [1.54, 1.807) is 25.1 Å². The molecule has 2 amide bonds. The molecule has 0 aromatic heterocycles. The molecule has 0 bridgehead atoms. The van der Waals surface area contributed by atoms with Gasteiger partial charge in [-0.2, -0.15) is 0 Å². The Hall–Kier alpha value is -2.37. The maximum absolute atomic E-state index is 11.9. The number of nitrogens with one attached hydrogen (secondary N) is 2. The molecule has 0 spiro atoms. The number of carbonyl (C=O) groups excluding carboxylic acids is 3. The van der Waals surface area contributed by atoms with Crippen LogP contribution in [0.4, 0.5) is 5.69 Å². The van der Waals surface area contributed by atoms with Gasteiger partial charge in [-0.15, -0.1) is 0 Å². The summed E-state index contributed by atoms with van der Waals surface area (Å²) in [5.74, 6) is -1.10. The van der Waals surface area contributed by atoms with Crippen LogP contribution in [0.3, 0.4) is 0 Å². The van der Waals surface area contributed by atoms with Gasteiger partial charge in [-0.25, -0.2) is 0 Å². The fourth-order valence-corrected chi connectivity index (χ4v) is 1.55. The Bertz CT molecular complexity index is 526. The predicted octanol–water partition coefficient (Wildman–Crippen LogP) is 1.25. The molecule has 6 nitrogen and oxygen atoms in total. The van der Waals surface area contributed by atoms with E-state index in [2.05, 4.69) is 10.6 Å². The molecule has 6 heteroatoms. The Labute approximate surface area is 117 Å². The van der Waals surface area contributed by atoms with E-state index in [-0.39, 0.29) is 19.1 Å². The lowest BCUT2D eigenvalue weighted by Crippen LogP contribution is -2.30. The molecule has 0 aliphatic carbocycles. The molecule has 0 unspecified atom stereocenters. The molecule has 0 fully saturated rings. The van der Waals surface area contributed by atoms with E-state index in [1.165, 1.54) is 6.92 Å². The molecular formula is C14H18N2O4. The average molecular weight is 278 g/mol. The number of aryl methyl sites for hydroxylation is 1. The summed E-state index contributed by atoms with van der Waals surface area (Å²) in [5.41, 5.74) is 1.78. The maximum Gasteiger partial charge on any atom is 0.325 e. The van der Waals surface area contributed by atoms with Crippen LogP contribution in [0.15, 0.2) is 18.2 Å². The zero-order valence-corrected chi connectivity index (χ0v) is 11.8. The van der Waals surface area contributed by atoms with Crippen LogP contribution in [0, 0.1) is 6.92 Å². The topological polar surface area (TPSA) is 84.5 Å². The van der Waals surface area contributed by atoms with E-state index in [9.17, 15) is 14.4 Å². The van der Waals surface area contributed by atoms with Crippen molar-refractivity contribution in [2.75, 3.05) is 18.5 Å². The normalized spacial score (nSPS) is 9.75. The van der Waals surface area contributed by atoms with Crippen LogP contribution < -0.4 is 10.6 Å². The number of hydrogen-bond donors (Lipinski definition) is 2. The van der Waals surface area contributed by atoms with Crippen LogP contribution >= 0.6 is 0 Å². The number of esters is 1. The van der Waals surface area contributed by atoms with E-state index in [0.717, 1.165) is 5.56 Å². The predicted molar refractivity (Wildman–Crippen MR) is 74.4 cm³/mol. The second-order valence-electron chi connectivity index (χ2n) is 4.20. The summed E-state index contributed by atoms with van der Waals surface area (Å²) >= 11 is 0. The first-order chi connectivity index (χ1) is 9.43. The third-order valence-electron chi connectivity index (χ3n) is 2.51. The van der Waals surface area contributed by atoms with Gasteiger partial charge in [0, 0.05) is 18.2 Å². The van der Waals surface area contributed by atoms with Crippen molar-refractivity contribution in [3.05, 3.63) is 29.3 Å². The molecule has 0 radical (unpaired) electrons. The summed E-state index contributed by atoms with van der Waals surface area (Å²) in [6, 6.07) is 4.92. The van der Waals surface area contributed by atoms with E-state index in [4.69, 9.17) is 4.74 Å². The van der Waals surface area contributed by atoms with Gasteiger partial charge >= 0.3 is 5.97 Å². The monoisotopic (exact) mass is 278 g/mol. The van der Waals surface area contributed by atoms with E-state index in [1.807, 2.05) is 6.92 Å². The molecule has 20 heavy (non-hydrogen) atoms. The molecule has 108 valence electrons. The van der Waals surface area contributed by atoms with Crippen molar-refractivity contribution >= 4 is 23.5 Å². The zero-order valence-electron chi connectivity index (χ0n) is 11.8. The third-order valence-corrected chi connectivity index (χ3v) is 2.51. The minimum atomic E-state index is -0.491. The Balaban J connectivity index is 2.73. The molecule has 1 rings (SSSR count). The zero-order chi connectivity index (χ0) is 15.1. The number of ether oxygens (including phenoxy) is 1. The Morgan fingerprint density at radius 2 is 1.95 bits per heavy atom. The summed E-state index contributed by atoms with van der Waals surface area (Å²) in [6.45, 7) is 5.00. The highest BCUT2D eigenvalue weighted by Crippen LogP contribution is 2.16. The fourth-order valence-electron chi connectivity index (χ4n) is 1.55. The molecule has 1 aromatic rings. The number of rotatable bonds is 5. The Morgan fingerprint density at radius 1 is 1.25 bits per heavy atom. The van der Waals surface area contributed by atoms with Crippen LogP contribution in [0.1, 0.15) is 29.8 Å². The number of carbonyl (C=O) groups is 3. The number of anilines is 1. The molecule has 0 heterocycles. The van der Waals surface area contributed by atoms with Crippen molar-refractivity contribution in [2.24, 2.45) is 0 Å². The second-order valence-corrected chi connectivity index (χ2v) is 4.20. The highest BCUT2D eigenvalue weighted by atomic mass is 16.5. The summed E-state index contributed by atoms with van der Waals surface area (Å²) < 4.78 is 4.71. The highest BCUT2D eigenvalue weighted by Gasteiger charge is 2.10. The van der Waals surface area contributed by atoms with Crippen molar-refractivity contribution in [1.82, 2.24) is 5.32 Å². The Kier molecular flexibility index (Phi) is 5.71. The molecular weight excluding hydrogens is 260 g/mol. The average Bonchev–Trinajstić information content (AvgIpc) is 2.38. The van der Waals surface area contributed by atoms with Crippen molar-refractivity contribution in [3.63, 3.8) is 0 Å². The van der Waals surface area contributed by atoms with Gasteiger partial charge in [-0.05, 0) is 31.5 Å². The van der Waals surface area contributed by atoms with Gasteiger partial charge < -0.3 is 15.4 Å². The number of benzene rings is 1.